The molecule has 0 bridgehead atoms. The predicted octanol–water partition coefficient (Wildman–Crippen LogP) is -9.05. The highest BCUT2D eigenvalue weighted by Gasteiger charge is 2.54. The summed E-state index contributed by atoms with van der Waals surface area (Å²) in [6.45, 7) is -1.59. The molecule has 4 rings (SSSR count). The number of carbonyl (C=O) groups is 1. The molecule has 4 fully saturated rings. The van der Waals surface area contributed by atoms with Gasteiger partial charge in [-0.15, -0.1) is 0 Å². The van der Waals surface area contributed by atoms with Crippen molar-refractivity contribution in [2.75, 3.05) is 26.2 Å². The largest absolute Gasteiger partial charge is 0.394 e. The molecular weight excluding hydrogens is 665 g/mol. The van der Waals surface area contributed by atoms with Gasteiger partial charge in [-0.2, -0.15) is 0 Å². The summed E-state index contributed by atoms with van der Waals surface area (Å²) in [6.07, 6.45) is -23.6. The van der Waals surface area contributed by atoms with Crippen molar-refractivity contribution in [2.24, 2.45) is 34.4 Å². The van der Waals surface area contributed by atoms with Gasteiger partial charge in [-0.3, -0.25) is 4.79 Å². The number of ether oxygens (including phenoxy) is 6. The van der Waals surface area contributed by atoms with Gasteiger partial charge in [-0.1, -0.05) is 0 Å². The van der Waals surface area contributed by atoms with Crippen LogP contribution in [0.1, 0.15) is 12.8 Å². The molecule has 4 aliphatic rings. The van der Waals surface area contributed by atoms with Crippen LogP contribution in [0.5, 0.6) is 0 Å². The van der Waals surface area contributed by atoms with E-state index in [1.54, 1.807) is 0 Å². The lowest BCUT2D eigenvalue weighted by Crippen LogP contribution is -2.68. The van der Waals surface area contributed by atoms with Crippen molar-refractivity contribution in [2.45, 2.75) is 135 Å². The van der Waals surface area contributed by atoms with Gasteiger partial charge >= 0.3 is 0 Å². The Balaban J connectivity index is 1.57. The molecule has 0 radical (unpaired) electrons. The van der Waals surface area contributed by atoms with Gasteiger partial charge in [-0.05, 0) is 6.42 Å². The van der Waals surface area contributed by atoms with Gasteiger partial charge in [0.25, 0.3) is 5.91 Å². The first-order valence-corrected chi connectivity index (χ1v) is 16.1. The minimum atomic E-state index is -2.17. The van der Waals surface area contributed by atoms with Crippen LogP contribution >= 0.6 is 0 Å². The lowest BCUT2D eigenvalue weighted by molar-refractivity contribution is -0.295. The van der Waals surface area contributed by atoms with E-state index in [0.29, 0.717) is 0 Å². The molecule has 3 aliphatic heterocycles. The molecule has 0 aromatic rings. The summed E-state index contributed by atoms with van der Waals surface area (Å²) in [4.78, 5) is 12.6. The number of carbonyl (C=O) groups excluding carboxylic acids is 1. The highest BCUT2D eigenvalue weighted by molar-refractivity contribution is 5.81. The summed E-state index contributed by atoms with van der Waals surface area (Å²) < 4.78 is 49.0. The van der Waals surface area contributed by atoms with Crippen molar-refractivity contribution < 1.29 is 73.4 Å². The fourth-order valence-corrected chi connectivity index (χ4v) is 6.36. The van der Waals surface area contributed by atoms with Crippen LogP contribution in [0.3, 0.4) is 0 Å². The smallest absolute Gasteiger partial charge is 0.252 e. The zero-order valence-electron chi connectivity index (χ0n) is 26.6. The van der Waals surface area contributed by atoms with E-state index in [-0.39, 0.29) is 25.9 Å². The average Bonchev–Trinajstić information content (AvgIpc) is 3.38. The minimum Gasteiger partial charge on any atom is -0.394 e. The monoisotopic (exact) mass is 717 g/mol. The number of amides is 1. The molecule has 1 aliphatic carbocycles. The van der Waals surface area contributed by atoms with E-state index in [1.807, 2.05) is 0 Å². The molecule has 1 saturated carbocycles. The quantitative estimate of drug-likeness (QED) is 0.0840. The molecular formula is C27H52FN7O14. The van der Waals surface area contributed by atoms with Gasteiger partial charge in [0.2, 0.25) is 0 Å². The number of rotatable bonds is 13. The van der Waals surface area contributed by atoms with Crippen LogP contribution < -0.4 is 39.7 Å². The molecule has 286 valence electrons. The number of alkyl halides is 1. The normalized spacial score (nSPS) is 47.5. The summed E-state index contributed by atoms with van der Waals surface area (Å²) in [5.41, 5.74) is 35.1. The molecule has 0 aromatic carbocycles. The minimum absolute atomic E-state index is 0.0140. The Morgan fingerprint density at radius 3 is 2.00 bits per heavy atom. The Bertz CT molecular complexity index is 1060. The predicted molar refractivity (Wildman–Crippen MR) is 161 cm³/mol. The number of aliphatic hydroxyl groups is 7. The molecule has 1 unspecified atom stereocenters. The van der Waals surface area contributed by atoms with Crippen molar-refractivity contribution in [3.8, 4) is 0 Å². The van der Waals surface area contributed by atoms with E-state index in [2.05, 4.69) is 5.32 Å². The molecule has 1 amide bonds. The van der Waals surface area contributed by atoms with E-state index in [4.69, 9.17) is 62.8 Å². The Kier molecular flexibility index (Phi) is 14.4. The number of hydrogen-bond acceptors (Lipinski definition) is 20. The molecule has 20 atom stereocenters. The highest BCUT2D eigenvalue weighted by Crippen LogP contribution is 2.34. The van der Waals surface area contributed by atoms with Crippen LogP contribution in [0.15, 0.2) is 0 Å². The van der Waals surface area contributed by atoms with E-state index in [0.717, 1.165) is 0 Å². The van der Waals surface area contributed by atoms with Crippen LogP contribution in [0.2, 0.25) is 0 Å². The second-order valence-electron chi connectivity index (χ2n) is 12.8. The number of nitrogens with one attached hydrogen (secondary N) is 1. The zero-order valence-corrected chi connectivity index (χ0v) is 26.6. The first-order valence-electron chi connectivity index (χ1n) is 16.1. The van der Waals surface area contributed by atoms with Crippen molar-refractivity contribution in [3.05, 3.63) is 0 Å². The fraction of sp³-hybridized carbons (Fsp3) is 0.963. The van der Waals surface area contributed by atoms with Crippen LogP contribution in [0.25, 0.3) is 0 Å². The SMILES string of the molecule is NC[C@@H]1C[C@H](O)[C@@H](N)[C@@H](O[C@H]2[C@H](O[C@@H]3O[C@H](CO)[C@@H](O[C@H]4O[C@@H](CN)[C@@H](O)[C@H](O)[C@H]4N)[C@H]3O)[C@@H](O)[C@H](NC(=O)C(O)[C@@H](F)CN)C[C@@H]2N)O1. The maximum atomic E-state index is 14.0. The fourth-order valence-electron chi connectivity index (χ4n) is 6.36. The van der Waals surface area contributed by atoms with Crippen molar-refractivity contribution in [1.82, 2.24) is 5.32 Å². The summed E-state index contributed by atoms with van der Waals surface area (Å²) in [5.74, 6) is -1.20. The zero-order chi connectivity index (χ0) is 36.3. The first-order chi connectivity index (χ1) is 23.2. The molecule has 49 heavy (non-hydrogen) atoms. The lowest BCUT2D eigenvalue weighted by atomic mass is 9.83. The number of halogens is 1. The number of aliphatic hydroxyl groups excluding tert-OH is 7. The van der Waals surface area contributed by atoms with Gasteiger partial charge in [0.15, 0.2) is 25.0 Å². The van der Waals surface area contributed by atoms with Gasteiger partial charge in [0.1, 0.15) is 61.1 Å². The number of nitrogens with two attached hydrogens (primary N) is 6. The van der Waals surface area contributed by atoms with Gasteiger partial charge in [0.05, 0.1) is 36.9 Å². The third-order valence-corrected chi connectivity index (χ3v) is 9.36. The molecule has 22 heteroatoms. The maximum Gasteiger partial charge on any atom is 0.252 e. The van der Waals surface area contributed by atoms with E-state index < -0.39 is 142 Å². The standard InChI is InChI=1S/C27H52FN7O14/c28-8(4-30)16(38)24(43)35-10-2-9(32)21(47-25-14(33)11(37)1-7(3-29)44-25)23(17(10)39)49-27-20(42)22(13(6-36)46-27)48-26-15(34)19(41)18(40)12(5-31)45-26/h7-23,25-27,36-42H,1-6,29-34H2,(H,35,43)/t7-,8-,9-,10+,11-,12-,13+,14+,15+,16?,17-,18+,19+,20+,21+,22+,23+,25+,26+,27-/m0/s1. The first kappa shape index (κ1) is 40.4. The Hall–Kier alpha value is -1.36. The maximum absolute atomic E-state index is 14.0. The van der Waals surface area contributed by atoms with Crippen molar-refractivity contribution in [1.29, 1.82) is 0 Å². The van der Waals surface area contributed by atoms with Gasteiger partial charge < -0.3 is 104 Å². The summed E-state index contributed by atoms with van der Waals surface area (Å²) >= 11 is 0. The summed E-state index contributed by atoms with van der Waals surface area (Å²) in [7, 11) is 0. The third kappa shape index (κ3) is 8.82. The lowest BCUT2D eigenvalue weighted by Gasteiger charge is -2.47. The Labute approximate surface area is 280 Å². The summed E-state index contributed by atoms with van der Waals surface area (Å²) in [6, 6.07) is -4.76. The molecule has 3 saturated heterocycles. The Morgan fingerprint density at radius 2 is 1.39 bits per heavy atom. The Morgan fingerprint density at radius 1 is 0.776 bits per heavy atom. The molecule has 21 nitrogen and oxygen atoms in total. The van der Waals surface area contributed by atoms with Crippen LogP contribution in [0.4, 0.5) is 4.39 Å². The van der Waals surface area contributed by atoms with Gasteiger partial charge in [-0.25, -0.2) is 4.39 Å². The molecule has 20 N–H and O–H groups in total. The van der Waals surface area contributed by atoms with Crippen molar-refractivity contribution >= 4 is 5.91 Å². The number of hydrogen-bond donors (Lipinski definition) is 14. The highest BCUT2D eigenvalue weighted by atomic mass is 19.1. The van der Waals surface area contributed by atoms with Crippen LogP contribution in [0, 0.1) is 0 Å². The molecule has 0 spiro atoms. The second-order valence-corrected chi connectivity index (χ2v) is 12.8. The van der Waals surface area contributed by atoms with Crippen LogP contribution in [-0.4, -0.2) is 190 Å². The average molecular weight is 718 g/mol. The van der Waals surface area contributed by atoms with Crippen molar-refractivity contribution in [3.63, 3.8) is 0 Å². The van der Waals surface area contributed by atoms with Gasteiger partial charge in [0, 0.05) is 32.1 Å². The molecule has 3 heterocycles. The molecule has 0 aromatic heterocycles. The second kappa shape index (κ2) is 17.4. The van der Waals surface area contributed by atoms with E-state index in [1.165, 1.54) is 0 Å². The van der Waals surface area contributed by atoms with E-state index in [9.17, 15) is 44.9 Å². The summed E-state index contributed by atoms with van der Waals surface area (Å²) in [5, 5.41) is 76.2. The van der Waals surface area contributed by atoms with Crippen LogP contribution in [-0.2, 0) is 33.2 Å². The topological polar surface area (TPSA) is 382 Å². The third-order valence-electron chi connectivity index (χ3n) is 9.36. The van der Waals surface area contributed by atoms with E-state index >= 15 is 0 Å².